The molecule has 2 aromatic rings. The number of imidazole rings is 1. The second kappa shape index (κ2) is 7.75. The number of hydrogen-bond donors (Lipinski definition) is 2. The van der Waals surface area contributed by atoms with E-state index in [0.717, 1.165) is 48.8 Å². The fraction of sp³-hybridized carbons (Fsp3) is 0.545. The molecule has 1 heterocycles. The van der Waals surface area contributed by atoms with Crippen molar-refractivity contribution in [2.45, 2.75) is 70.9 Å². The monoisotopic (exact) mass is 367 g/mol. The van der Waals surface area contributed by atoms with Gasteiger partial charge in [0, 0.05) is 23.8 Å². The van der Waals surface area contributed by atoms with Crippen molar-refractivity contribution < 1.29 is 9.90 Å². The average molecular weight is 367 g/mol. The Morgan fingerprint density at radius 1 is 1.15 bits per heavy atom. The van der Waals surface area contributed by atoms with Crippen LogP contribution < -0.4 is 5.32 Å². The molecule has 0 saturated heterocycles. The molecule has 1 aromatic heterocycles. The van der Waals surface area contributed by atoms with Gasteiger partial charge >= 0.3 is 0 Å². The van der Waals surface area contributed by atoms with E-state index >= 15 is 0 Å². The first-order valence-electron chi connectivity index (χ1n) is 10.3. The van der Waals surface area contributed by atoms with Crippen LogP contribution in [0.1, 0.15) is 67.5 Å². The van der Waals surface area contributed by atoms with Crippen molar-refractivity contribution in [1.82, 2.24) is 14.9 Å². The number of aromatic hydroxyl groups is 1. The van der Waals surface area contributed by atoms with E-state index in [-0.39, 0.29) is 11.7 Å². The van der Waals surface area contributed by atoms with Crippen LogP contribution in [0.5, 0.6) is 5.75 Å². The molecule has 2 saturated carbocycles. The normalized spacial score (nSPS) is 17.8. The lowest BCUT2D eigenvalue weighted by atomic mass is 9.87. The maximum Gasteiger partial charge on any atom is 0.271 e. The van der Waals surface area contributed by atoms with Gasteiger partial charge in [-0.15, -0.1) is 0 Å². The summed E-state index contributed by atoms with van der Waals surface area (Å²) >= 11 is 0. The third kappa shape index (κ3) is 4.18. The van der Waals surface area contributed by atoms with E-state index in [1.807, 2.05) is 19.1 Å². The molecule has 27 heavy (non-hydrogen) atoms. The lowest BCUT2D eigenvalue weighted by Crippen LogP contribution is -2.26. The minimum atomic E-state index is -0.0635. The SMILES string of the molecule is Cc1c(C(=O)NC2CC2)nc(-c2ccc(O)cc2)n1CCC1CCCCC1. The molecule has 1 aromatic carbocycles. The number of amides is 1. The maximum atomic E-state index is 12.6. The van der Waals surface area contributed by atoms with Crippen LogP contribution in [-0.2, 0) is 6.54 Å². The van der Waals surface area contributed by atoms with Gasteiger partial charge in [-0.1, -0.05) is 32.1 Å². The van der Waals surface area contributed by atoms with Crippen molar-refractivity contribution >= 4 is 5.91 Å². The number of nitrogens with zero attached hydrogens (tertiary/aromatic N) is 2. The standard InChI is InChI=1S/C22H29N3O2/c1-15-20(22(27)23-18-9-10-18)24-21(17-7-11-19(26)12-8-17)25(15)14-13-16-5-3-2-4-6-16/h7-8,11-12,16,18,26H,2-6,9-10,13-14H2,1H3,(H,23,27). The molecule has 0 bridgehead atoms. The van der Waals surface area contributed by atoms with Gasteiger partial charge < -0.3 is 15.0 Å². The highest BCUT2D eigenvalue weighted by Gasteiger charge is 2.27. The Kier molecular flexibility index (Phi) is 5.19. The number of hydrogen-bond acceptors (Lipinski definition) is 3. The molecule has 0 unspecified atom stereocenters. The van der Waals surface area contributed by atoms with Gasteiger partial charge in [-0.05, 0) is 56.4 Å². The number of nitrogens with one attached hydrogen (secondary N) is 1. The zero-order valence-electron chi connectivity index (χ0n) is 16.1. The fourth-order valence-electron chi connectivity index (χ4n) is 4.12. The van der Waals surface area contributed by atoms with Crippen LogP contribution in [0.4, 0.5) is 0 Å². The molecular formula is C22H29N3O2. The number of phenolic OH excluding ortho intramolecular Hbond substituents is 1. The Morgan fingerprint density at radius 2 is 1.85 bits per heavy atom. The van der Waals surface area contributed by atoms with Crippen molar-refractivity contribution in [3.8, 4) is 17.1 Å². The van der Waals surface area contributed by atoms with Crippen LogP contribution in [0.25, 0.3) is 11.4 Å². The summed E-state index contributed by atoms with van der Waals surface area (Å²) in [6, 6.07) is 7.42. The number of benzene rings is 1. The summed E-state index contributed by atoms with van der Waals surface area (Å²) in [5, 5.41) is 12.7. The summed E-state index contributed by atoms with van der Waals surface area (Å²) in [6.07, 6.45) is 9.95. The molecule has 5 heteroatoms. The molecule has 2 aliphatic carbocycles. The molecular weight excluding hydrogens is 338 g/mol. The van der Waals surface area contributed by atoms with Crippen LogP contribution >= 0.6 is 0 Å². The first-order valence-corrected chi connectivity index (χ1v) is 10.3. The van der Waals surface area contributed by atoms with E-state index in [9.17, 15) is 9.90 Å². The predicted octanol–water partition coefficient (Wildman–Crippen LogP) is 4.43. The lowest BCUT2D eigenvalue weighted by molar-refractivity contribution is 0.0945. The van der Waals surface area contributed by atoms with Crippen molar-refractivity contribution in [2.75, 3.05) is 0 Å². The highest BCUT2D eigenvalue weighted by molar-refractivity contribution is 5.94. The Labute approximate surface area is 160 Å². The Balaban J connectivity index is 1.61. The van der Waals surface area contributed by atoms with E-state index in [4.69, 9.17) is 4.98 Å². The first-order chi connectivity index (χ1) is 13.1. The molecule has 4 rings (SSSR count). The number of carbonyl (C=O) groups is 1. The van der Waals surface area contributed by atoms with Crippen molar-refractivity contribution in [2.24, 2.45) is 5.92 Å². The molecule has 1 amide bonds. The quantitative estimate of drug-likeness (QED) is 0.794. The summed E-state index contributed by atoms with van der Waals surface area (Å²) in [6.45, 7) is 2.88. The van der Waals surface area contributed by atoms with Crippen LogP contribution in [0.3, 0.4) is 0 Å². The Bertz CT molecular complexity index is 800. The van der Waals surface area contributed by atoms with Gasteiger partial charge in [-0.25, -0.2) is 4.98 Å². The van der Waals surface area contributed by atoms with Crippen molar-refractivity contribution in [3.63, 3.8) is 0 Å². The number of phenols is 1. The molecule has 5 nitrogen and oxygen atoms in total. The average Bonchev–Trinajstić information content (AvgIpc) is 3.43. The van der Waals surface area contributed by atoms with Gasteiger partial charge in [0.1, 0.15) is 17.3 Å². The minimum absolute atomic E-state index is 0.0635. The molecule has 2 N–H and O–H groups in total. The zero-order valence-corrected chi connectivity index (χ0v) is 16.1. The molecule has 0 spiro atoms. The van der Waals surface area contributed by atoms with Gasteiger partial charge in [0.15, 0.2) is 0 Å². The molecule has 2 fully saturated rings. The minimum Gasteiger partial charge on any atom is -0.508 e. The summed E-state index contributed by atoms with van der Waals surface area (Å²) < 4.78 is 2.20. The predicted molar refractivity (Wildman–Crippen MR) is 106 cm³/mol. The highest BCUT2D eigenvalue weighted by atomic mass is 16.3. The molecule has 2 aliphatic rings. The molecule has 0 atom stereocenters. The van der Waals surface area contributed by atoms with Crippen molar-refractivity contribution in [3.05, 3.63) is 35.7 Å². The lowest BCUT2D eigenvalue weighted by Gasteiger charge is -2.22. The smallest absolute Gasteiger partial charge is 0.271 e. The fourth-order valence-corrected chi connectivity index (χ4v) is 4.12. The zero-order chi connectivity index (χ0) is 18.8. The second-order valence-electron chi connectivity index (χ2n) is 8.11. The summed E-state index contributed by atoms with van der Waals surface area (Å²) in [4.78, 5) is 17.4. The summed E-state index contributed by atoms with van der Waals surface area (Å²) in [7, 11) is 0. The van der Waals surface area contributed by atoms with E-state index in [2.05, 4.69) is 9.88 Å². The first kappa shape index (κ1) is 18.1. The summed E-state index contributed by atoms with van der Waals surface area (Å²) in [5.41, 5.74) is 2.41. The molecule has 0 radical (unpaired) electrons. The van der Waals surface area contributed by atoms with Crippen LogP contribution in [-0.4, -0.2) is 26.6 Å². The third-order valence-electron chi connectivity index (χ3n) is 5.96. The van der Waals surface area contributed by atoms with Gasteiger partial charge in [0.25, 0.3) is 5.91 Å². The van der Waals surface area contributed by atoms with Crippen LogP contribution in [0.15, 0.2) is 24.3 Å². The molecule has 0 aliphatic heterocycles. The number of aromatic nitrogens is 2. The highest BCUT2D eigenvalue weighted by Crippen LogP contribution is 2.30. The van der Waals surface area contributed by atoms with Crippen LogP contribution in [0.2, 0.25) is 0 Å². The van der Waals surface area contributed by atoms with E-state index < -0.39 is 0 Å². The largest absolute Gasteiger partial charge is 0.508 e. The molecule has 144 valence electrons. The van der Waals surface area contributed by atoms with Crippen LogP contribution in [0, 0.1) is 12.8 Å². The van der Waals surface area contributed by atoms with Gasteiger partial charge in [-0.2, -0.15) is 0 Å². The summed E-state index contributed by atoms with van der Waals surface area (Å²) in [5.74, 6) is 1.77. The van der Waals surface area contributed by atoms with E-state index in [1.54, 1.807) is 12.1 Å². The van der Waals surface area contributed by atoms with Gasteiger partial charge in [0.05, 0.1) is 0 Å². The Morgan fingerprint density at radius 3 is 2.52 bits per heavy atom. The number of rotatable bonds is 6. The topological polar surface area (TPSA) is 67.2 Å². The van der Waals surface area contributed by atoms with Gasteiger partial charge in [-0.3, -0.25) is 4.79 Å². The maximum absolute atomic E-state index is 12.6. The Hall–Kier alpha value is -2.30. The second-order valence-corrected chi connectivity index (χ2v) is 8.11. The van der Waals surface area contributed by atoms with Crippen molar-refractivity contribution in [1.29, 1.82) is 0 Å². The third-order valence-corrected chi connectivity index (χ3v) is 5.96. The number of carbonyl (C=O) groups excluding carboxylic acids is 1. The van der Waals surface area contributed by atoms with E-state index in [0.29, 0.717) is 11.7 Å². The van der Waals surface area contributed by atoms with E-state index in [1.165, 1.54) is 32.1 Å². The van der Waals surface area contributed by atoms with Gasteiger partial charge in [0.2, 0.25) is 0 Å².